The van der Waals surface area contributed by atoms with Gasteiger partial charge in [0.15, 0.2) is 17.3 Å². The van der Waals surface area contributed by atoms with E-state index in [0.717, 1.165) is 16.7 Å². The summed E-state index contributed by atoms with van der Waals surface area (Å²) < 4.78 is 28.9. The fraction of sp³-hybridized carbons (Fsp3) is 0.0526. The molecule has 0 spiro atoms. The molecule has 4 aromatic rings. The van der Waals surface area contributed by atoms with Gasteiger partial charge in [0.2, 0.25) is 0 Å². The molecule has 29 heavy (non-hydrogen) atoms. The number of halogens is 2. The molecule has 0 saturated carbocycles. The summed E-state index contributed by atoms with van der Waals surface area (Å²) in [4.78, 5) is 37.5. The van der Waals surface area contributed by atoms with Crippen LogP contribution in [-0.4, -0.2) is 29.3 Å². The van der Waals surface area contributed by atoms with Crippen molar-refractivity contribution in [2.24, 2.45) is 7.05 Å². The largest absolute Gasteiger partial charge is 0.352 e. The van der Waals surface area contributed by atoms with E-state index in [-0.39, 0.29) is 17.1 Å². The molecule has 144 valence electrons. The summed E-state index contributed by atoms with van der Waals surface area (Å²) in [6, 6.07) is 7.52. The molecule has 1 aromatic carbocycles. The Bertz CT molecular complexity index is 1330. The van der Waals surface area contributed by atoms with Crippen molar-refractivity contribution >= 4 is 0 Å². The summed E-state index contributed by atoms with van der Waals surface area (Å²) in [7, 11) is 1.23. The monoisotopic (exact) mass is 394 g/mol. The van der Waals surface area contributed by atoms with Crippen LogP contribution in [0.15, 0.2) is 64.6 Å². The van der Waals surface area contributed by atoms with Gasteiger partial charge in [-0.25, -0.2) is 23.5 Å². The quantitative estimate of drug-likeness (QED) is 0.525. The molecule has 0 bridgehead atoms. The Hall–Kier alpha value is -4.08. The lowest BCUT2D eigenvalue weighted by atomic mass is 10.2. The molecule has 0 radical (unpaired) electrons. The molecule has 3 aromatic heterocycles. The first-order valence-corrected chi connectivity index (χ1v) is 8.35. The van der Waals surface area contributed by atoms with Crippen LogP contribution in [-0.2, 0) is 7.05 Å². The van der Waals surface area contributed by atoms with Crippen molar-refractivity contribution in [3.63, 3.8) is 0 Å². The average Bonchev–Trinajstić information content (AvgIpc) is 2.74. The molecule has 0 N–H and O–H groups in total. The van der Waals surface area contributed by atoms with E-state index >= 15 is 0 Å². The summed E-state index contributed by atoms with van der Waals surface area (Å²) in [5.74, 6) is -1.48. The summed E-state index contributed by atoms with van der Waals surface area (Å²) in [5, 5.41) is 4.00. The molecule has 4 rings (SSSR count). The molecule has 0 fully saturated rings. The maximum atomic E-state index is 14.2. The smallest absolute Gasteiger partial charge is 0.267 e. The molecular formula is C19H12F2N6O2. The molecule has 0 aliphatic carbocycles. The molecular weight excluding hydrogens is 382 g/mol. The van der Waals surface area contributed by atoms with E-state index in [1.807, 2.05) is 0 Å². The van der Waals surface area contributed by atoms with Gasteiger partial charge in [-0.2, -0.15) is 9.78 Å². The number of nitrogens with zero attached hydrogens (tertiary/aromatic N) is 6. The van der Waals surface area contributed by atoms with Gasteiger partial charge in [0.05, 0.1) is 0 Å². The summed E-state index contributed by atoms with van der Waals surface area (Å²) >= 11 is 0. The normalized spacial score (nSPS) is 10.9. The zero-order valence-corrected chi connectivity index (χ0v) is 15.0. The third kappa shape index (κ3) is 3.31. The topological polar surface area (TPSA) is 95.6 Å². The van der Waals surface area contributed by atoms with Gasteiger partial charge in [0, 0.05) is 37.3 Å². The van der Waals surface area contributed by atoms with Crippen molar-refractivity contribution in [3.8, 4) is 28.5 Å². The van der Waals surface area contributed by atoms with Crippen molar-refractivity contribution in [1.82, 2.24) is 29.3 Å². The van der Waals surface area contributed by atoms with Crippen LogP contribution in [0.3, 0.4) is 0 Å². The first kappa shape index (κ1) is 18.3. The lowest BCUT2D eigenvalue weighted by Crippen LogP contribution is -2.40. The Morgan fingerprint density at radius 2 is 1.72 bits per heavy atom. The van der Waals surface area contributed by atoms with E-state index in [2.05, 4.69) is 20.1 Å². The van der Waals surface area contributed by atoms with Crippen molar-refractivity contribution in [3.05, 3.63) is 87.5 Å². The lowest BCUT2D eigenvalue weighted by molar-refractivity contribution is 0.561. The number of rotatable bonds is 3. The van der Waals surface area contributed by atoms with Gasteiger partial charge < -0.3 is 0 Å². The van der Waals surface area contributed by atoms with E-state index in [1.54, 1.807) is 24.5 Å². The molecule has 0 unspecified atom stereocenters. The zero-order valence-electron chi connectivity index (χ0n) is 15.0. The molecule has 8 nitrogen and oxygen atoms in total. The Kier molecular flexibility index (Phi) is 4.51. The lowest BCUT2D eigenvalue weighted by Gasteiger charge is -2.10. The predicted octanol–water partition coefficient (Wildman–Crippen LogP) is 1.73. The van der Waals surface area contributed by atoms with Crippen LogP contribution in [0.4, 0.5) is 8.78 Å². The second-order valence-corrected chi connectivity index (χ2v) is 6.00. The number of hydrogen-bond acceptors (Lipinski definition) is 6. The van der Waals surface area contributed by atoms with E-state index in [9.17, 15) is 18.4 Å². The minimum atomic E-state index is -0.996. The SMILES string of the molecule is Cn1c(=O)c(-c2ccnc(-c3ccncc3)n2)nn(-c2ccc(F)cc2F)c1=O. The maximum absolute atomic E-state index is 14.2. The maximum Gasteiger partial charge on any atom is 0.352 e. The summed E-state index contributed by atoms with van der Waals surface area (Å²) in [6.07, 6.45) is 4.58. The zero-order chi connectivity index (χ0) is 20.5. The van der Waals surface area contributed by atoms with Crippen LogP contribution < -0.4 is 11.2 Å². The van der Waals surface area contributed by atoms with E-state index < -0.39 is 22.9 Å². The highest BCUT2D eigenvalue weighted by molar-refractivity contribution is 5.59. The van der Waals surface area contributed by atoms with Gasteiger partial charge in [-0.15, -0.1) is 0 Å². The fourth-order valence-corrected chi connectivity index (χ4v) is 2.67. The van der Waals surface area contributed by atoms with Crippen molar-refractivity contribution in [1.29, 1.82) is 0 Å². The van der Waals surface area contributed by atoms with Gasteiger partial charge in [-0.1, -0.05) is 0 Å². The third-order valence-electron chi connectivity index (χ3n) is 4.15. The van der Waals surface area contributed by atoms with Crippen molar-refractivity contribution in [2.45, 2.75) is 0 Å². The van der Waals surface area contributed by atoms with Crippen LogP contribution in [0.1, 0.15) is 0 Å². The number of pyridine rings is 1. The van der Waals surface area contributed by atoms with E-state index in [4.69, 9.17) is 0 Å². The van der Waals surface area contributed by atoms with E-state index in [1.165, 1.54) is 19.3 Å². The molecule has 0 amide bonds. The van der Waals surface area contributed by atoms with Crippen LogP contribution in [0, 0.1) is 11.6 Å². The number of aromatic nitrogens is 6. The average molecular weight is 394 g/mol. The molecule has 0 aliphatic rings. The molecule has 0 aliphatic heterocycles. The minimum absolute atomic E-state index is 0.142. The molecule has 10 heteroatoms. The number of hydrogen-bond donors (Lipinski definition) is 0. The Morgan fingerprint density at radius 1 is 0.966 bits per heavy atom. The Balaban J connectivity index is 1.93. The van der Waals surface area contributed by atoms with Crippen LogP contribution in [0.5, 0.6) is 0 Å². The third-order valence-corrected chi connectivity index (χ3v) is 4.15. The highest BCUT2D eigenvalue weighted by Gasteiger charge is 2.18. The van der Waals surface area contributed by atoms with Gasteiger partial charge in [0.25, 0.3) is 5.56 Å². The van der Waals surface area contributed by atoms with Gasteiger partial charge in [-0.05, 0) is 30.3 Å². The van der Waals surface area contributed by atoms with Crippen LogP contribution in [0.2, 0.25) is 0 Å². The summed E-state index contributed by atoms with van der Waals surface area (Å²) in [5.41, 5.74) is -1.27. The number of benzene rings is 1. The highest BCUT2D eigenvalue weighted by atomic mass is 19.1. The van der Waals surface area contributed by atoms with Gasteiger partial charge in [-0.3, -0.25) is 14.3 Å². The first-order chi connectivity index (χ1) is 14.0. The van der Waals surface area contributed by atoms with Gasteiger partial charge in [0.1, 0.15) is 17.2 Å². The van der Waals surface area contributed by atoms with Crippen molar-refractivity contribution < 1.29 is 8.78 Å². The Morgan fingerprint density at radius 3 is 2.45 bits per heavy atom. The Labute approximate surface area is 161 Å². The van der Waals surface area contributed by atoms with E-state index in [0.29, 0.717) is 22.1 Å². The standard InChI is InChI=1S/C19H12F2N6O2/c1-26-18(28)16(14-6-9-23-17(24-14)11-4-7-22-8-5-11)25-27(19(26)29)15-3-2-12(20)10-13(15)21/h2-10H,1H3. The minimum Gasteiger partial charge on any atom is -0.267 e. The van der Waals surface area contributed by atoms with Crippen molar-refractivity contribution in [2.75, 3.05) is 0 Å². The first-order valence-electron chi connectivity index (χ1n) is 8.35. The second kappa shape index (κ2) is 7.15. The predicted molar refractivity (Wildman–Crippen MR) is 99.2 cm³/mol. The van der Waals surface area contributed by atoms with Crippen LogP contribution in [0.25, 0.3) is 28.5 Å². The second-order valence-electron chi connectivity index (χ2n) is 6.00. The van der Waals surface area contributed by atoms with Gasteiger partial charge >= 0.3 is 5.69 Å². The molecule has 3 heterocycles. The fourth-order valence-electron chi connectivity index (χ4n) is 2.67. The molecule has 0 saturated heterocycles. The highest BCUT2D eigenvalue weighted by Crippen LogP contribution is 2.17. The summed E-state index contributed by atoms with van der Waals surface area (Å²) in [6.45, 7) is 0. The van der Waals surface area contributed by atoms with Crippen LogP contribution >= 0.6 is 0 Å². The molecule has 0 atom stereocenters.